The van der Waals surface area contributed by atoms with Gasteiger partial charge in [0.15, 0.2) is 5.78 Å². The second kappa shape index (κ2) is 33.7. The molecule has 5 aliphatic rings. The van der Waals surface area contributed by atoms with Gasteiger partial charge in [0.05, 0.1) is 43.5 Å². The number of alkyl halides is 9. The highest BCUT2D eigenvalue weighted by Gasteiger charge is 2.55. The number of para-hydroxylation sites is 5. The largest absolute Gasteiger partial charge is 0.471 e. The topological polar surface area (TPSA) is 243 Å². The molecule has 3 saturated carbocycles. The van der Waals surface area contributed by atoms with Crippen LogP contribution in [-0.4, -0.2) is 152 Å². The molecule has 0 spiro atoms. The number of ether oxygens (including phenoxy) is 4. The fourth-order valence-corrected chi connectivity index (χ4v) is 11.1. The average Bonchev–Trinajstić information content (AvgIpc) is 1.70. The van der Waals surface area contributed by atoms with Gasteiger partial charge in [-0.15, -0.1) is 0 Å². The number of hydrogen-bond acceptors (Lipinski definition) is 15. The second-order valence-electron chi connectivity index (χ2n) is 25.0. The summed E-state index contributed by atoms with van der Waals surface area (Å²) in [6, 6.07) is 18.7. The molecule has 0 bridgehead atoms. The number of carbonyl (C=O) groups is 8. The lowest BCUT2D eigenvalue weighted by molar-refractivity contribution is -0.180. The molecule has 0 unspecified atom stereocenters. The number of esters is 2. The molecule has 5 amide bonds. The number of halogens is 9. The Kier molecular flexibility index (Phi) is 27.4. The van der Waals surface area contributed by atoms with E-state index in [1.54, 1.807) is 55.3 Å². The Bertz CT molecular complexity index is 3010. The first-order valence-electron chi connectivity index (χ1n) is 30.9. The average molecular weight is 1330 g/mol. The van der Waals surface area contributed by atoms with Crippen molar-refractivity contribution < 1.29 is 96.8 Å². The Morgan fingerprint density at radius 1 is 0.581 bits per heavy atom. The summed E-state index contributed by atoms with van der Waals surface area (Å²) in [5, 5.41) is 12.7. The summed E-state index contributed by atoms with van der Waals surface area (Å²) in [5.74, 6) is -8.49. The van der Waals surface area contributed by atoms with Gasteiger partial charge in [-0.2, -0.15) is 39.5 Å². The van der Waals surface area contributed by atoms with Gasteiger partial charge in [0.1, 0.15) is 29.3 Å². The number of Topliss-reactive ketones (excluding diaryl/α,β-unsaturated/α-hetero) is 1. The van der Waals surface area contributed by atoms with Crippen LogP contribution in [0, 0.1) is 0 Å². The van der Waals surface area contributed by atoms with Gasteiger partial charge in [-0.25, -0.2) is 19.2 Å². The number of rotatable bonds is 13. The van der Waals surface area contributed by atoms with Gasteiger partial charge in [-0.05, 0) is 116 Å². The highest BCUT2D eigenvalue weighted by Crippen LogP contribution is 2.36. The molecule has 5 N–H and O–H groups in total. The van der Waals surface area contributed by atoms with Crippen molar-refractivity contribution in [1.29, 1.82) is 0 Å². The lowest BCUT2D eigenvalue weighted by Gasteiger charge is -2.39. The molecule has 0 radical (unpaired) electrons. The molecular weight excluding hydrogens is 1240 g/mol. The van der Waals surface area contributed by atoms with Crippen LogP contribution in [0.15, 0.2) is 72.8 Å². The molecule has 2 aliphatic heterocycles. The first-order valence-corrected chi connectivity index (χ1v) is 30.9. The number of anilines is 5. The summed E-state index contributed by atoms with van der Waals surface area (Å²) in [6.45, 7) is 10.3. The van der Waals surface area contributed by atoms with E-state index in [0.29, 0.717) is 22.3 Å². The molecule has 3 aromatic carbocycles. The number of amides is 5. The molecule has 3 aromatic rings. The molecule has 516 valence electrons. The Morgan fingerprint density at radius 3 is 1.60 bits per heavy atom. The van der Waals surface area contributed by atoms with Crippen molar-refractivity contribution in [3.05, 3.63) is 78.4 Å². The van der Waals surface area contributed by atoms with Crippen molar-refractivity contribution in [2.45, 2.75) is 210 Å². The third kappa shape index (κ3) is 24.8. The van der Waals surface area contributed by atoms with E-state index < -0.39 is 89.7 Å². The molecule has 29 heteroatoms. The van der Waals surface area contributed by atoms with E-state index >= 15 is 0 Å². The van der Waals surface area contributed by atoms with E-state index in [4.69, 9.17) is 9.47 Å². The van der Waals surface area contributed by atoms with Gasteiger partial charge >= 0.3 is 60.4 Å². The highest BCUT2D eigenvalue weighted by molar-refractivity contribution is 5.95. The van der Waals surface area contributed by atoms with Crippen LogP contribution in [0.5, 0.6) is 0 Å². The second-order valence-corrected chi connectivity index (χ2v) is 25.0. The van der Waals surface area contributed by atoms with E-state index in [1.165, 1.54) is 32.1 Å². The van der Waals surface area contributed by atoms with Crippen molar-refractivity contribution in [2.75, 3.05) is 59.6 Å². The van der Waals surface area contributed by atoms with Gasteiger partial charge < -0.3 is 49.6 Å². The zero-order valence-electron chi connectivity index (χ0n) is 53.5. The maximum Gasteiger partial charge on any atom is 0.471 e. The molecule has 8 rings (SSSR count). The summed E-state index contributed by atoms with van der Waals surface area (Å²) in [6.07, 6.45) is -0.385. The first kappa shape index (κ1) is 75.7. The van der Waals surface area contributed by atoms with Crippen LogP contribution >= 0.6 is 0 Å². The van der Waals surface area contributed by atoms with Gasteiger partial charge in [0.25, 0.3) is 0 Å². The minimum Gasteiger partial charge on any atom is -0.467 e. The van der Waals surface area contributed by atoms with Crippen LogP contribution in [-0.2, 0) is 54.1 Å². The number of ketones is 1. The first-order chi connectivity index (χ1) is 43.5. The summed E-state index contributed by atoms with van der Waals surface area (Å²) in [7, 11) is 2.09. The van der Waals surface area contributed by atoms with Gasteiger partial charge in [-0.1, -0.05) is 100 Å². The third-order valence-electron chi connectivity index (χ3n) is 15.4. The Balaban J connectivity index is 0.000000236. The van der Waals surface area contributed by atoms with E-state index in [-0.39, 0.29) is 43.9 Å². The normalized spacial score (nSPS) is 18.4. The quantitative estimate of drug-likeness (QED) is 0.0462. The van der Waals surface area contributed by atoms with E-state index in [0.717, 1.165) is 101 Å². The van der Waals surface area contributed by atoms with Crippen molar-refractivity contribution in [2.24, 2.45) is 0 Å². The van der Waals surface area contributed by atoms with Crippen LogP contribution in [0.25, 0.3) is 0 Å². The Morgan fingerprint density at radius 2 is 1.08 bits per heavy atom. The molecule has 0 aromatic heterocycles. The van der Waals surface area contributed by atoms with Gasteiger partial charge in [0, 0.05) is 43.3 Å². The van der Waals surface area contributed by atoms with Crippen LogP contribution in [0.3, 0.4) is 0 Å². The zero-order valence-corrected chi connectivity index (χ0v) is 53.5. The standard InChI is InChI=1S/C23H32F3N3O5.C18H21F3N2O2.C17H26N2O2.C6H6F3NO3/c1-22(2,3)34-21(32)28-16-12-8-9-13-18(16)29(15-10-6-5-7-11-15)14-17(19(30)33-4)27-20(31)23(24,25)26;19-18(20,21)17(25)22-14-11-23(13-7-2-1-3-8-13)15-9-5-4-6-12(15)10-16(14)24;1-17(2,3)21-16(20)19-15-12-8-7-11-14(15)18-13-9-5-4-6-10-13;1-13-4(11)3-2-10(3)5(12)6(7,8)9/h8-9,12-13,15,17H,5-7,10-11,14H2,1-4H3,(H,27,31)(H,28,32);4-6,9,13-14H,1-3,7-8,10-11H2,(H,22,25);7-8,11-13,18H,4-6,9-10H2,1-3H3,(H,19,20);3H,2H2,1H3/t17-;14-;;3-,10?/m11.1/s1. The molecule has 93 heavy (non-hydrogen) atoms. The predicted molar refractivity (Wildman–Crippen MR) is 328 cm³/mol. The summed E-state index contributed by atoms with van der Waals surface area (Å²) >= 11 is 0. The minimum absolute atomic E-state index is 0.0300. The SMILES string of the molecule is CC(C)(C)OC(=O)Nc1ccccc1NC1CCCCC1.COC(=O)[C@@H](CN(c1ccccc1NC(=O)OC(C)(C)C)C1CCCCC1)NC(=O)C(F)(F)F.COC(=O)[C@H]1CN1C(=O)C(F)(F)F.O=C1Cc2ccccc2N(C2CCCCC2)C[C@H]1NC(=O)C(F)(F)F. The highest BCUT2D eigenvalue weighted by atomic mass is 19.4. The number of fused-ring (bicyclic) bond motifs is 1. The van der Waals surface area contributed by atoms with Crippen molar-refractivity contribution in [3.63, 3.8) is 0 Å². The minimum atomic E-state index is -5.15. The molecule has 20 nitrogen and oxygen atoms in total. The summed E-state index contributed by atoms with van der Waals surface area (Å²) < 4.78 is 131. The van der Waals surface area contributed by atoms with Crippen LogP contribution < -0.4 is 36.4 Å². The maximum absolute atomic E-state index is 12.9. The molecule has 4 fully saturated rings. The lowest BCUT2D eigenvalue weighted by atomic mass is 9.93. The maximum atomic E-state index is 12.9. The number of nitrogens with zero attached hydrogens (tertiary/aromatic N) is 3. The van der Waals surface area contributed by atoms with Crippen molar-refractivity contribution in [1.82, 2.24) is 15.5 Å². The molecule has 3 atom stereocenters. The molecule has 1 saturated heterocycles. The zero-order chi connectivity index (χ0) is 69.1. The lowest BCUT2D eigenvalue weighted by Crippen LogP contribution is -2.54. The number of methoxy groups -OCH3 is 2. The number of carbonyl (C=O) groups excluding carboxylic acids is 8. The Labute approximate surface area is 535 Å². The van der Waals surface area contributed by atoms with Gasteiger partial charge in [0.2, 0.25) is 0 Å². The number of benzene rings is 3. The van der Waals surface area contributed by atoms with Gasteiger partial charge in [-0.3, -0.25) is 29.8 Å². The third-order valence-corrected chi connectivity index (χ3v) is 15.4. The van der Waals surface area contributed by atoms with Crippen LogP contribution in [0.1, 0.15) is 143 Å². The smallest absolute Gasteiger partial charge is 0.467 e. The molecule has 2 heterocycles. The van der Waals surface area contributed by atoms with E-state index in [2.05, 4.69) is 25.4 Å². The summed E-state index contributed by atoms with van der Waals surface area (Å²) in [4.78, 5) is 97.3. The summed E-state index contributed by atoms with van der Waals surface area (Å²) in [5.41, 5.74) is 3.08. The number of hydrogen-bond donors (Lipinski definition) is 5. The van der Waals surface area contributed by atoms with Crippen LogP contribution in [0.2, 0.25) is 0 Å². The molecular formula is C64H85F9N8O12. The monoisotopic (exact) mass is 1330 g/mol. The predicted octanol–water partition coefficient (Wildman–Crippen LogP) is 12.1. The Hall–Kier alpha value is -8.01. The van der Waals surface area contributed by atoms with E-state index in [9.17, 15) is 77.9 Å². The van der Waals surface area contributed by atoms with Crippen molar-refractivity contribution >= 4 is 76.1 Å². The van der Waals surface area contributed by atoms with E-state index in [1.807, 2.05) is 79.5 Å². The fraction of sp³-hybridized carbons (Fsp3) is 0.594. The number of nitrogens with one attached hydrogen (secondary N) is 5. The van der Waals surface area contributed by atoms with Crippen LogP contribution in [0.4, 0.5) is 77.5 Å². The fourth-order valence-electron chi connectivity index (χ4n) is 11.1. The molecule has 3 aliphatic carbocycles. The van der Waals surface area contributed by atoms with Crippen molar-refractivity contribution in [3.8, 4) is 0 Å².